The number of hydrogen-bond donors (Lipinski definition) is 2. The zero-order valence-corrected chi connectivity index (χ0v) is 14.6. The molecule has 1 heterocycles. The minimum atomic E-state index is -0.0341. The van der Waals surface area contributed by atoms with Crippen molar-refractivity contribution in [3.8, 4) is 0 Å². The molecule has 0 saturated carbocycles. The molecule has 0 unspecified atom stereocenters. The molecule has 0 bridgehead atoms. The molecule has 2 aromatic rings. The van der Waals surface area contributed by atoms with E-state index in [1.165, 1.54) is 0 Å². The quantitative estimate of drug-likeness (QED) is 0.888. The molecule has 1 saturated heterocycles. The van der Waals surface area contributed by atoms with E-state index in [1.807, 2.05) is 48.5 Å². The number of likely N-dealkylation sites (N-methyl/N-ethyl adjacent to an activating group) is 1. The first-order valence-electron chi connectivity index (χ1n) is 8.31. The van der Waals surface area contributed by atoms with Crippen molar-refractivity contribution in [2.24, 2.45) is 0 Å². The van der Waals surface area contributed by atoms with Crippen LogP contribution in [0.25, 0.3) is 0 Å². The average molecular weight is 345 g/mol. The highest BCUT2D eigenvalue weighted by atomic mass is 35.5. The number of anilines is 2. The van der Waals surface area contributed by atoms with Crippen molar-refractivity contribution in [3.63, 3.8) is 0 Å². The van der Waals surface area contributed by atoms with E-state index in [9.17, 15) is 4.79 Å². The molecule has 1 amide bonds. The van der Waals surface area contributed by atoms with Gasteiger partial charge in [-0.25, -0.2) is 0 Å². The number of nitrogens with zero attached hydrogens (tertiary/aromatic N) is 1. The van der Waals surface area contributed by atoms with E-state index >= 15 is 0 Å². The monoisotopic (exact) mass is 344 g/mol. The highest BCUT2D eigenvalue weighted by Gasteiger charge is 2.19. The van der Waals surface area contributed by atoms with Gasteiger partial charge in [0, 0.05) is 5.69 Å². The first-order chi connectivity index (χ1) is 11.6. The van der Waals surface area contributed by atoms with E-state index in [0.717, 1.165) is 43.1 Å². The second-order valence-electron chi connectivity index (χ2n) is 6.32. The number of nitrogens with one attached hydrogen (secondary N) is 2. The zero-order valence-electron chi connectivity index (χ0n) is 13.9. The van der Waals surface area contributed by atoms with Crippen LogP contribution >= 0.6 is 11.6 Å². The van der Waals surface area contributed by atoms with Crippen molar-refractivity contribution < 1.29 is 9.69 Å². The van der Waals surface area contributed by atoms with Crippen molar-refractivity contribution in [2.45, 2.75) is 6.42 Å². The van der Waals surface area contributed by atoms with Crippen LogP contribution in [-0.4, -0.2) is 39.1 Å². The van der Waals surface area contributed by atoms with Crippen molar-refractivity contribution in [3.05, 3.63) is 59.1 Å². The summed E-state index contributed by atoms with van der Waals surface area (Å²) >= 11 is 6.44. The first kappa shape index (κ1) is 16.8. The van der Waals surface area contributed by atoms with Crippen LogP contribution in [0.15, 0.2) is 48.5 Å². The van der Waals surface area contributed by atoms with Crippen LogP contribution < -0.4 is 15.1 Å². The fourth-order valence-corrected chi connectivity index (χ4v) is 3.26. The van der Waals surface area contributed by atoms with Crippen molar-refractivity contribution in [2.75, 3.05) is 43.4 Å². The Bertz CT molecular complexity index is 697. The lowest BCUT2D eigenvalue weighted by molar-refractivity contribution is -0.880. The third-order valence-electron chi connectivity index (χ3n) is 4.40. The second-order valence-corrected chi connectivity index (χ2v) is 6.73. The number of amides is 1. The third kappa shape index (κ3) is 4.28. The Morgan fingerprint density at radius 2 is 1.88 bits per heavy atom. The first-order valence-corrected chi connectivity index (χ1v) is 8.69. The lowest BCUT2D eigenvalue weighted by Crippen LogP contribution is -3.12. The van der Waals surface area contributed by atoms with Crippen molar-refractivity contribution >= 4 is 28.9 Å². The lowest BCUT2D eigenvalue weighted by Gasteiger charge is -2.32. The van der Waals surface area contributed by atoms with Gasteiger partial charge in [0.25, 0.3) is 0 Å². The van der Waals surface area contributed by atoms with E-state index in [4.69, 9.17) is 11.6 Å². The molecule has 0 atom stereocenters. The molecule has 0 radical (unpaired) electrons. The molecule has 2 N–H and O–H groups in total. The summed E-state index contributed by atoms with van der Waals surface area (Å²) in [6, 6.07) is 15.5. The lowest BCUT2D eigenvalue weighted by atomic mass is 10.1. The summed E-state index contributed by atoms with van der Waals surface area (Å²) in [6.45, 7) is 4.24. The maximum absolute atomic E-state index is 12.1. The van der Waals surface area contributed by atoms with Gasteiger partial charge in [-0.3, -0.25) is 4.79 Å². The summed E-state index contributed by atoms with van der Waals surface area (Å²) in [6.07, 6.45) is 0.363. The topological polar surface area (TPSA) is 36.8 Å². The number of quaternary nitrogens is 1. The van der Waals surface area contributed by atoms with Crippen molar-refractivity contribution in [1.29, 1.82) is 0 Å². The molecule has 0 spiro atoms. The number of benzene rings is 2. The molecule has 5 heteroatoms. The van der Waals surface area contributed by atoms with Crippen LogP contribution in [0.1, 0.15) is 5.56 Å². The molecule has 1 aliphatic rings. The van der Waals surface area contributed by atoms with Crippen LogP contribution in [0, 0.1) is 0 Å². The number of rotatable bonds is 4. The predicted octanol–water partition coefficient (Wildman–Crippen LogP) is 1.86. The third-order valence-corrected chi connectivity index (χ3v) is 4.70. The molecule has 0 aliphatic carbocycles. The normalized spacial score (nSPS) is 15.3. The van der Waals surface area contributed by atoms with Gasteiger partial charge < -0.3 is 15.1 Å². The van der Waals surface area contributed by atoms with E-state index in [0.29, 0.717) is 11.4 Å². The van der Waals surface area contributed by atoms with Gasteiger partial charge in [0.15, 0.2) is 0 Å². The van der Waals surface area contributed by atoms with Gasteiger partial charge >= 0.3 is 0 Å². The van der Waals surface area contributed by atoms with Gasteiger partial charge in [0.1, 0.15) is 0 Å². The predicted molar refractivity (Wildman–Crippen MR) is 99.1 cm³/mol. The summed E-state index contributed by atoms with van der Waals surface area (Å²) in [7, 11) is 2.21. The van der Waals surface area contributed by atoms with Gasteiger partial charge in [0.05, 0.1) is 50.4 Å². The van der Waals surface area contributed by atoms with Crippen LogP contribution in [0.3, 0.4) is 0 Å². The van der Waals surface area contributed by atoms with Crippen LogP contribution in [-0.2, 0) is 11.2 Å². The number of hydrogen-bond acceptors (Lipinski definition) is 2. The smallest absolute Gasteiger partial charge is 0.228 e. The van der Waals surface area contributed by atoms with Gasteiger partial charge in [0.2, 0.25) is 5.91 Å². The van der Waals surface area contributed by atoms with Gasteiger partial charge in [-0.05, 0) is 23.8 Å². The highest BCUT2D eigenvalue weighted by molar-refractivity contribution is 6.33. The summed E-state index contributed by atoms with van der Waals surface area (Å²) in [5, 5.41) is 3.61. The van der Waals surface area contributed by atoms with E-state index < -0.39 is 0 Å². The average Bonchev–Trinajstić information content (AvgIpc) is 2.57. The minimum absolute atomic E-state index is 0.0341. The Balaban J connectivity index is 1.63. The Labute approximate surface area is 148 Å². The van der Waals surface area contributed by atoms with E-state index in [1.54, 1.807) is 4.90 Å². The molecule has 4 nitrogen and oxygen atoms in total. The maximum Gasteiger partial charge on any atom is 0.228 e. The molecule has 1 aliphatic heterocycles. The molecule has 1 fully saturated rings. The molecule has 24 heavy (non-hydrogen) atoms. The molecular weight excluding hydrogens is 322 g/mol. The molecule has 126 valence electrons. The zero-order chi connectivity index (χ0) is 16.9. The fourth-order valence-electron chi connectivity index (χ4n) is 2.96. The standard InChI is InChI=1S/C19H22ClN3O/c1-22-9-11-23(12-10-22)18-8-7-16(14-17(18)20)21-19(24)13-15-5-3-2-4-6-15/h2-8,14H,9-13H2,1H3,(H,21,24)/p+1. The summed E-state index contributed by atoms with van der Waals surface area (Å²) < 4.78 is 0. The molecule has 0 aromatic heterocycles. The highest BCUT2D eigenvalue weighted by Crippen LogP contribution is 2.29. The minimum Gasteiger partial charge on any atom is -0.359 e. The molecular formula is C19H23ClN3O+. The summed E-state index contributed by atoms with van der Waals surface area (Å²) in [4.78, 5) is 16.0. The van der Waals surface area contributed by atoms with Crippen LogP contribution in [0.2, 0.25) is 5.02 Å². The number of halogens is 1. The molecule has 3 rings (SSSR count). The Morgan fingerprint density at radius 3 is 2.54 bits per heavy atom. The van der Waals surface area contributed by atoms with Crippen molar-refractivity contribution in [1.82, 2.24) is 0 Å². The largest absolute Gasteiger partial charge is 0.359 e. The Kier molecular flexibility index (Phi) is 5.38. The van der Waals surface area contributed by atoms with Crippen LogP contribution in [0.4, 0.5) is 11.4 Å². The summed E-state index contributed by atoms with van der Waals surface area (Å²) in [5.41, 5.74) is 2.78. The summed E-state index contributed by atoms with van der Waals surface area (Å²) in [5.74, 6) is -0.0341. The van der Waals surface area contributed by atoms with Gasteiger partial charge in [-0.1, -0.05) is 41.9 Å². The Morgan fingerprint density at radius 1 is 1.17 bits per heavy atom. The number of piperazine rings is 1. The van der Waals surface area contributed by atoms with Gasteiger partial charge in [-0.2, -0.15) is 0 Å². The second kappa shape index (κ2) is 7.69. The van der Waals surface area contributed by atoms with E-state index in [2.05, 4.69) is 17.3 Å². The maximum atomic E-state index is 12.1. The fraction of sp³-hybridized carbons (Fsp3) is 0.316. The van der Waals surface area contributed by atoms with Gasteiger partial charge in [-0.15, -0.1) is 0 Å². The molecule has 2 aromatic carbocycles. The van der Waals surface area contributed by atoms with E-state index in [-0.39, 0.29) is 5.91 Å². The van der Waals surface area contributed by atoms with Crippen LogP contribution in [0.5, 0.6) is 0 Å². The number of carbonyl (C=O) groups excluding carboxylic acids is 1. The Hall–Kier alpha value is -2.04. The number of carbonyl (C=O) groups is 1. The SMILES string of the molecule is C[NH+]1CCN(c2ccc(NC(=O)Cc3ccccc3)cc2Cl)CC1.